The molecule has 0 aromatic heterocycles. The highest BCUT2D eigenvalue weighted by Crippen LogP contribution is 2.17. The van der Waals surface area contributed by atoms with Gasteiger partial charge in [-0.15, -0.1) is 11.6 Å². The second kappa shape index (κ2) is 5.59. The molecule has 0 aliphatic rings. The van der Waals surface area contributed by atoms with Crippen LogP contribution in [-0.4, -0.2) is 16.8 Å². The summed E-state index contributed by atoms with van der Waals surface area (Å²) in [6, 6.07) is 0. The highest BCUT2D eigenvalue weighted by Gasteiger charge is 2.28. The lowest BCUT2D eigenvalue weighted by atomic mass is 9.97. The van der Waals surface area contributed by atoms with Gasteiger partial charge in [0.25, 0.3) is 0 Å². The first-order valence-electron chi connectivity index (χ1n) is 5.31. The van der Waals surface area contributed by atoms with Crippen LogP contribution in [0.5, 0.6) is 0 Å². The maximum atomic E-state index is 11.8. The first kappa shape index (κ1) is 13.8. The first-order chi connectivity index (χ1) is 6.35. The number of hydrogen-bond acceptors (Lipinski definition) is 1. The van der Waals surface area contributed by atoms with E-state index in [1.807, 2.05) is 34.6 Å². The van der Waals surface area contributed by atoms with Gasteiger partial charge in [0.1, 0.15) is 0 Å². The number of alkyl halides is 1. The van der Waals surface area contributed by atoms with Crippen molar-refractivity contribution >= 4 is 17.5 Å². The van der Waals surface area contributed by atoms with E-state index >= 15 is 0 Å². The third-order valence-electron chi connectivity index (χ3n) is 2.80. The molecule has 14 heavy (non-hydrogen) atoms. The molecule has 1 N–H and O–H groups in total. The molecule has 0 aliphatic heterocycles. The summed E-state index contributed by atoms with van der Waals surface area (Å²) in [5.74, 6) is 0.234. The predicted molar refractivity (Wildman–Crippen MR) is 61.6 cm³/mol. The minimum Gasteiger partial charge on any atom is -0.350 e. The standard InChI is InChI=1S/C11H22ClNO/c1-6-9(7-2)10(14)13-11(4,5)8(3)12/h8-9H,6-7H2,1-5H3,(H,13,14). The van der Waals surface area contributed by atoms with Crippen LogP contribution < -0.4 is 5.32 Å². The van der Waals surface area contributed by atoms with Crippen molar-refractivity contribution in [3.63, 3.8) is 0 Å². The zero-order valence-electron chi connectivity index (χ0n) is 9.86. The zero-order valence-corrected chi connectivity index (χ0v) is 10.6. The van der Waals surface area contributed by atoms with Gasteiger partial charge < -0.3 is 5.32 Å². The fourth-order valence-corrected chi connectivity index (χ4v) is 1.23. The molecule has 0 heterocycles. The number of halogens is 1. The van der Waals surface area contributed by atoms with Crippen molar-refractivity contribution in [1.82, 2.24) is 5.32 Å². The summed E-state index contributed by atoms with van der Waals surface area (Å²) in [5.41, 5.74) is -0.332. The first-order valence-corrected chi connectivity index (χ1v) is 5.74. The van der Waals surface area contributed by atoms with Crippen molar-refractivity contribution in [1.29, 1.82) is 0 Å². The van der Waals surface area contributed by atoms with Crippen LogP contribution in [0.1, 0.15) is 47.5 Å². The summed E-state index contributed by atoms with van der Waals surface area (Å²) in [4.78, 5) is 11.8. The molecule has 3 heteroatoms. The molecular formula is C11H22ClNO. The van der Waals surface area contributed by atoms with Crippen molar-refractivity contribution in [3.05, 3.63) is 0 Å². The third-order valence-corrected chi connectivity index (χ3v) is 3.34. The SMILES string of the molecule is CCC(CC)C(=O)NC(C)(C)C(C)Cl. The Hall–Kier alpha value is -0.240. The van der Waals surface area contributed by atoms with E-state index in [9.17, 15) is 4.79 Å². The van der Waals surface area contributed by atoms with Gasteiger partial charge in [0.05, 0.1) is 10.9 Å². The van der Waals surface area contributed by atoms with Crippen LogP contribution in [-0.2, 0) is 4.79 Å². The van der Waals surface area contributed by atoms with Gasteiger partial charge in [0.15, 0.2) is 0 Å². The van der Waals surface area contributed by atoms with Crippen LogP contribution in [0.25, 0.3) is 0 Å². The molecule has 0 spiro atoms. The summed E-state index contributed by atoms with van der Waals surface area (Å²) in [7, 11) is 0. The third kappa shape index (κ3) is 3.87. The van der Waals surface area contributed by atoms with Gasteiger partial charge in [0.2, 0.25) is 5.91 Å². The Bertz CT molecular complexity index is 186. The second-order valence-electron chi connectivity index (χ2n) is 4.34. The predicted octanol–water partition coefficient (Wildman–Crippen LogP) is 2.94. The molecule has 0 bridgehead atoms. The largest absolute Gasteiger partial charge is 0.350 e. The number of rotatable bonds is 5. The topological polar surface area (TPSA) is 29.1 Å². The molecule has 0 aromatic carbocycles. The summed E-state index contributed by atoms with van der Waals surface area (Å²) in [6.45, 7) is 9.86. The van der Waals surface area contributed by atoms with E-state index in [1.165, 1.54) is 0 Å². The smallest absolute Gasteiger partial charge is 0.223 e. The number of carbonyl (C=O) groups is 1. The van der Waals surface area contributed by atoms with Crippen LogP contribution in [0.2, 0.25) is 0 Å². The average molecular weight is 220 g/mol. The van der Waals surface area contributed by atoms with E-state index in [2.05, 4.69) is 5.32 Å². The number of amides is 1. The van der Waals surface area contributed by atoms with Crippen molar-refractivity contribution < 1.29 is 4.79 Å². The lowest BCUT2D eigenvalue weighted by Crippen LogP contribution is -2.50. The lowest BCUT2D eigenvalue weighted by molar-refractivity contribution is -0.126. The average Bonchev–Trinajstić information content (AvgIpc) is 2.05. The van der Waals surface area contributed by atoms with Gasteiger partial charge in [-0.2, -0.15) is 0 Å². The van der Waals surface area contributed by atoms with E-state index in [0.29, 0.717) is 0 Å². The Kier molecular flexibility index (Phi) is 5.50. The van der Waals surface area contributed by atoms with Crippen molar-refractivity contribution in [2.75, 3.05) is 0 Å². The molecule has 84 valence electrons. The summed E-state index contributed by atoms with van der Waals surface area (Å²) in [6.07, 6.45) is 1.77. The number of hydrogen-bond donors (Lipinski definition) is 1. The molecule has 1 unspecified atom stereocenters. The Morgan fingerprint density at radius 3 is 2.07 bits per heavy atom. The molecule has 1 amide bonds. The molecule has 0 fully saturated rings. The van der Waals surface area contributed by atoms with Gasteiger partial charge in [-0.1, -0.05) is 13.8 Å². The van der Waals surface area contributed by atoms with Crippen LogP contribution in [0.4, 0.5) is 0 Å². The zero-order chi connectivity index (χ0) is 11.4. The van der Waals surface area contributed by atoms with Crippen LogP contribution in [0.15, 0.2) is 0 Å². The Morgan fingerprint density at radius 2 is 1.79 bits per heavy atom. The van der Waals surface area contributed by atoms with Crippen LogP contribution >= 0.6 is 11.6 Å². The monoisotopic (exact) mass is 219 g/mol. The van der Waals surface area contributed by atoms with E-state index < -0.39 is 0 Å². The summed E-state index contributed by atoms with van der Waals surface area (Å²) >= 11 is 5.99. The number of nitrogens with one attached hydrogen (secondary N) is 1. The molecule has 0 saturated carbocycles. The number of carbonyl (C=O) groups excluding carboxylic acids is 1. The molecular weight excluding hydrogens is 198 g/mol. The van der Waals surface area contributed by atoms with E-state index in [-0.39, 0.29) is 22.7 Å². The minimum atomic E-state index is -0.332. The fourth-order valence-electron chi connectivity index (χ4n) is 1.18. The molecule has 1 atom stereocenters. The molecule has 0 aromatic rings. The van der Waals surface area contributed by atoms with Crippen molar-refractivity contribution in [2.24, 2.45) is 5.92 Å². The van der Waals surface area contributed by atoms with Crippen molar-refractivity contribution in [2.45, 2.75) is 58.4 Å². The Balaban J connectivity index is 4.30. The highest BCUT2D eigenvalue weighted by molar-refractivity contribution is 6.21. The molecule has 0 aliphatic carbocycles. The second-order valence-corrected chi connectivity index (χ2v) is 5.00. The molecule has 0 rings (SSSR count). The summed E-state index contributed by atoms with van der Waals surface area (Å²) in [5, 5.41) is 2.92. The molecule has 0 saturated heterocycles. The molecule has 0 radical (unpaired) electrons. The lowest BCUT2D eigenvalue weighted by Gasteiger charge is -2.30. The highest BCUT2D eigenvalue weighted by atomic mass is 35.5. The van der Waals surface area contributed by atoms with E-state index in [0.717, 1.165) is 12.8 Å². The normalized spacial score (nSPS) is 14.2. The van der Waals surface area contributed by atoms with Gasteiger partial charge in [0, 0.05) is 5.92 Å². The Labute approximate surface area is 92.4 Å². The van der Waals surface area contributed by atoms with E-state index in [4.69, 9.17) is 11.6 Å². The molecule has 2 nitrogen and oxygen atoms in total. The minimum absolute atomic E-state index is 0.0687. The quantitative estimate of drug-likeness (QED) is 0.708. The van der Waals surface area contributed by atoms with E-state index in [1.54, 1.807) is 0 Å². The maximum Gasteiger partial charge on any atom is 0.223 e. The van der Waals surface area contributed by atoms with Gasteiger partial charge in [-0.05, 0) is 33.6 Å². The van der Waals surface area contributed by atoms with Crippen molar-refractivity contribution in [3.8, 4) is 0 Å². The van der Waals surface area contributed by atoms with Gasteiger partial charge in [-0.25, -0.2) is 0 Å². The van der Waals surface area contributed by atoms with Crippen LogP contribution in [0, 0.1) is 5.92 Å². The van der Waals surface area contributed by atoms with Gasteiger partial charge >= 0.3 is 0 Å². The summed E-state index contributed by atoms with van der Waals surface area (Å²) < 4.78 is 0. The Morgan fingerprint density at radius 1 is 1.36 bits per heavy atom. The van der Waals surface area contributed by atoms with Gasteiger partial charge in [-0.3, -0.25) is 4.79 Å². The maximum absolute atomic E-state index is 11.8. The van der Waals surface area contributed by atoms with Crippen LogP contribution in [0.3, 0.4) is 0 Å². The fraction of sp³-hybridized carbons (Fsp3) is 0.909.